The Bertz CT molecular complexity index is 772. The lowest BCUT2D eigenvalue weighted by Crippen LogP contribution is -2.47. The lowest BCUT2D eigenvalue weighted by Gasteiger charge is -2.37. The number of likely N-dealkylation sites (tertiary alicyclic amines) is 1. The highest BCUT2D eigenvalue weighted by molar-refractivity contribution is 8.00. The van der Waals surface area contributed by atoms with Crippen molar-refractivity contribution in [2.24, 2.45) is 0 Å². The maximum Gasteiger partial charge on any atom is 0.238 e. The number of amides is 1. The molecule has 132 valence electrons. The largest absolute Gasteiger partial charge is 0.342 e. The Morgan fingerprint density at radius 1 is 1.20 bits per heavy atom. The molecule has 8 heteroatoms. The average molecular weight is 378 g/mol. The van der Waals surface area contributed by atoms with Gasteiger partial charge in [0.05, 0.1) is 6.04 Å². The lowest BCUT2D eigenvalue weighted by atomic mass is 10.0. The Kier molecular flexibility index (Phi) is 4.60. The van der Waals surface area contributed by atoms with Gasteiger partial charge in [0.15, 0.2) is 0 Å². The van der Waals surface area contributed by atoms with Gasteiger partial charge in [0.2, 0.25) is 11.1 Å². The molecule has 4 rings (SSSR count). The van der Waals surface area contributed by atoms with E-state index in [2.05, 4.69) is 15.6 Å². The molecule has 0 aliphatic carbocycles. The fraction of sp³-hybridized carbons (Fsp3) is 0.471. The van der Waals surface area contributed by atoms with Crippen LogP contribution in [-0.4, -0.2) is 44.0 Å². The number of nitrogens with one attached hydrogen (secondary N) is 1. The van der Waals surface area contributed by atoms with Gasteiger partial charge < -0.3 is 10.3 Å². The Morgan fingerprint density at radius 2 is 1.92 bits per heavy atom. The van der Waals surface area contributed by atoms with Crippen LogP contribution >= 0.6 is 23.4 Å². The van der Waals surface area contributed by atoms with Crippen LogP contribution in [0.2, 0.25) is 5.02 Å². The molecule has 1 N–H and O–H groups in total. The number of halogens is 1. The van der Waals surface area contributed by atoms with E-state index in [1.807, 2.05) is 40.8 Å². The topological polar surface area (TPSA) is 63.1 Å². The molecule has 0 unspecified atom stereocenters. The number of aromatic nitrogens is 3. The van der Waals surface area contributed by atoms with Crippen molar-refractivity contribution in [2.75, 3.05) is 18.5 Å². The quantitative estimate of drug-likeness (QED) is 0.871. The smallest absolute Gasteiger partial charge is 0.238 e. The van der Waals surface area contributed by atoms with Crippen molar-refractivity contribution in [3.63, 3.8) is 0 Å². The molecule has 1 saturated heterocycles. The molecule has 0 radical (unpaired) electrons. The molecule has 0 saturated carbocycles. The normalized spacial score (nSPS) is 23.0. The second-order valence-corrected chi connectivity index (χ2v) is 7.99. The molecular formula is C17H20ClN5OS. The number of nitrogens with zero attached hydrogens (tertiary/aromatic N) is 4. The first-order valence-electron chi connectivity index (χ1n) is 8.53. The summed E-state index contributed by atoms with van der Waals surface area (Å²) < 4.78 is 1.87. The van der Waals surface area contributed by atoms with Gasteiger partial charge in [-0.25, -0.2) is 4.68 Å². The highest BCUT2D eigenvalue weighted by Crippen LogP contribution is 2.38. The molecule has 0 bridgehead atoms. The van der Waals surface area contributed by atoms with Crippen molar-refractivity contribution in [2.45, 2.75) is 42.6 Å². The number of hydrogen-bond acceptors (Lipinski definition) is 5. The van der Waals surface area contributed by atoms with E-state index in [0.29, 0.717) is 5.02 Å². The Labute approximate surface area is 155 Å². The van der Waals surface area contributed by atoms with Crippen molar-refractivity contribution >= 4 is 29.3 Å². The van der Waals surface area contributed by atoms with Crippen LogP contribution < -0.4 is 5.43 Å². The average Bonchev–Trinajstić information content (AvgIpc) is 3.02. The van der Waals surface area contributed by atoms with Gasteiger partial charge in [0.25, 0.3) is 0 Å². The van der Waals surface area contributed by atoms with E-state index in [1.165, 1.54) is 18.2 Å². The summed E-state index contributed by atoms with van der Waals surface area (Å²) in [6.45, 7) is 3.58. The van der Waals surface area contributed by atoms with E-state index in [0.717, 1.165) is 42.5 Å². The van der Waals surface area contributed by atoms with Gasteiger partial charge in [-0.15, -0.1) is 10.2 Å². The molecule has 2 aromatic rings. The van der Waals surface area contributed by atoms with Crippen LogP contribution in [0.15, 0.2) is 29.4 Å². The molecule has 1 fully saturated rings. The zero-order chi connectivity index (χ0) is 17.4. The van der Waals surface area contributed by atoms with E-state index in [4.69, 9.17) is 11.6 Å². The summed E-state index contributed by atoms with van der Waals surface area (Å²) >= 11 is 7.52. The Hall–Kier alpha value is -1.73. The first-order chi connectivity index (χ1) is 12.1. The summed E-state index contributed by atoms with van der Waals surface area (Å²) in [4.78, 5) is 15.2. The Balaban J connectivity index is 1.68. The number of aryl methyl sites for hydroxylation is 1. The molecule has 0 spiro atoms. The second kappa shape index (κ2) is 6.88. The van der Waals surface area contributed by atoms with E-state index in [1.54, 1.807) is 0 Å². The Morgan fingerprint density at radius 3 is 2.64 bits per heavy atom. The van der Waals surface area contributed by atoms with E-state index in [9.17, 15) is 4.79 Å². The number of carbonyl (C=O) groups is 1. The van der Waals surface area contributed by atoms with Gasteiger partial charge in [-0.2, -0.15) is 0 Å². The molecule has 2 aliphatic rings. The third-order valence-corrected chi connectivity index (χ3v) is 6.19. The number of thioether (sulfide) groups is 1. The van der Waals surface area contributed by atoms with Gasteiger partial charge in [-0.1, -0.05) is 35.5 Å². The van der Waals surface area contributed by atoms with Gasteiger partial charge in [0.1, 0.15) is 11.1 Å². The third-order valence-electron chi connectivity index (χ3n) is 4.74. The molecule has 3 heterocycles. The molecule has 1 aromatic heterocycles. The summed E-state index contributed by atoms with van der Waals surface area (Å²) in [5.41, 5.74) is 4.46. The molecule has 1 amide bonds. The molecule has 6 nitrogen and oxygen atoms in total. The summed E-state index contributed by atoms with van der Waals surface area (Å²) in [7, 11) is 0. The van der Waals surface area contributed by atoms with Gasteiger partial charge in [0, 0.05) is 18.1 Å². The maximum atomic E-state index is 13.2. The SMILES string of the molecule is Cc1nnc2n1N[C@@H](c1ccc(Cl)cc1)[C@@H](C(=O)N1CCCCC1)S2. The predicted octanol–water partition coefficient (Wildman–Crippen LogP) is 3.01. The second-order valence-electron chi connectivity index (χ2n) is 6.45. The molecule has 1 aromatic carbocycles. The van der Waals surface area contributed by atoms with Crippen molar-refractivity contribution in [3.8, 4) is 0 Å². The van der Waals surface area contributed by atoms with Crippen molar-refractivity contribution in [1.29, 1.82) is 0 Å². The minimum absolute atomic E-state index is 0.154. The first-order valence-corrected chi connectivity index (χ1v) is 9.79. The van der Waals surface area contributed by atoms with Crippen LogP contribution in [0.3, 0.4) is 0 Å². The minimum atomic E-state index is -0.268. The molecule has 2 aliphatic heterocycles. The fourth-order valence-corrected chi connectivity index (χ4v) is 4.70. The zero-order valence-corrected chi connectivity index (χ0v) is 15.6. The fourth-order valence-electron chi connectivity index (χ4n) is 3.36. The third kappa shape index (κ3) is 3.22. The standard InChI is InChI=1S/C17H20ClN5OS/c1-11-19-20-17-23(11)21-14(12-5-7-13(18)8-6-12)15(25-17)16(24)22-9-3-2-4-10-22/h5-8,14-15,21H,2-4,9-10H2,1H3/t14-,15-/m0/s1. The lowest BCUT2D eigenvalue weighted by molar-refractivity contribution is -0.131. The number of piperidine rings is 1. The van der Waals surface area contributed by atoms with Crippen LogP contribution in [-0.2, 0) is 4.79 Å². The number of rotatable bonds is 2. The van der Waals surface area contributed by atoms with Crippen LogP contribution in [0.1, 0.15) is 36.7 Å². The van der Waals surface area contributed by atoms with Gasteiger partial charge >= 0.3 is 0 Å². The summed E-state index contributed by atoms with van der Waals surface area (Å²) in [6, 6.07) is 7.52. The maximum absolute atomic E-state index is 13.2. The van der Waals surface area contributed by atoms with Crippen molar-refractivity contribution in [3.05, 3.63) is 40.7 Å². The summed E-state index contributed by atoms with van der Waals surface area (Å²) in [6.07, 6.45) is 3.36. The van der Waals surface area contributed by atoms with Crippen LogP contribution in [0, 0.1) is 6.92 Å². The number of hydrogen-bond donors (Lipinski definition) is 1. The van der Waals surface area contributed by atoms with E-state index < -0.39 is 0 Å². The van der Waals surface area contributed by atoms with E-state index in [-0.39, 0.29) is 17.2 Å². The van der Waals surface area contributed by atoms with E-state index >= 15 is 0 Å². The van der Waals surface area contributed by atoms with Gasteiger partial charge in [-0.3, -0.25) is 4.79 Å². The van der Waals surface area contributed by atoms with Crippen molar-refractivity contribution in [1.82, 2.24) is 19.8 Å². The summed E-state index contributed by atoms with van der Waals surface area (Å²) in [5.74, 6) is 0.953. The number of benzene rings is 1. The van der Waals surface area contributed by atoms with Crippen LogP contribution in [0.25, 0.3) is 0 Å². The van der Waals surface area contributed by atoms with Crippen LogP contribution in [0.4, 0.5) is 0 Å². The molecule has 2 atom stereocenters. The van der Waals surface area contributed by atoms with Crippen LogP contribution in [0.5, 0.6) is 0 Å². The molecule has 25 heavy (non-hydrogen) atoms. The minimum Gasteiger partial charge on any atom is -0.342 e. The van der Waals surface area contributed by atoms with Gasteiger partial charge in [-0.05, 0) is 43.9 Å². The highest BCUT2D eigenvalue weighted by atomic mass is 35.5. The predicted molar refractivity (Wildman–Crippen MR) is 98.4 cm³/mol. The zero-order valence-electron chi connectivity index (χ0n) is 14.0. The first kappa shape index (κ1) is 16.7. The molecular weight excluding hydrogens is 358 g/mol. The number of fused-ring (bicyclic) bond motifs is 1. The number of carbonyl (C=O) groups excluding carboxylic acids is 1. The van der Waals surface area contributed by atoms with Crippen molar-refractivity contribution < 1.29 is 4.79 Å². The summed E-state index contributed by atoms with van der Waals surface area (Å²) in [5, 5.41) is 9.48. The monoisotopic (exact) mass is 377 g/mol. The highest BCUT2D eigenvalue weighted by Gasteiger charge is 2.39.